The Labute approximate surface area is 160 Å². The second-order valence-corrected chi connectivity index (χ2v) is 6.70. The maximum absolute atomic E-state index is 12.3. The van der Waals surface area contributed by atoms with E-state index >= 15 is 0 Å². The van der Waals surface area contributed by atoms with Crippen LogP contribution in [0.4, 0.5) is 0 Å². The van der Waals surface area contributed by atoms with E-state index in [4.69, 9.17) is 4.74 Å². The summed E-state index contributed by atoms with van der Waals surface area (Å²) < 4.78 is 5.06. The summed E-state index contributed by atoms with van der Waals surface area (Å²) in [4.78, 5) is 38.2. The van der Waals surface area contributed by atoms with Crippen LogP contribution in [0, 0.1) is 5.92 Å². The quantitative estimate of drug-likeness (QED) is 0.676. The number of piperidine rings is 1. The molecule has 0 spiro atoms. The first-order valence-corrected chi connectivity index (χ1v) is 9.53. The molecule has 1 unspecified atom stereocenters. The minimum absolute atomic E-state index is 0.0531. The number of methoxy groups -OCH3 is 1. The van der Waals surface area contributed by atoms with Gasteiger partial charge < -0.3 is 20.3 Å². The number of hydrogen-bond donors (Lipinski definition) is 2. The molecule has 1 aromatic carbocycles. The van der Waals surface area contributed by atoms with Crippen LogP contribution in [-0.4, -0.2) is 55.9 Å². The van der Waals surface area contributed by atoms with Crippen LogP contribution in [0.15, 0.2) is 24.3 Å². The summed E-state index contributed by atoms with van der Waals surface area (Å²) in [6, 6.07) is 6.84. The fourth-order valence-electron chi connectivity index (χ4n) is 3.14. The monoisotopic (exact) mass is 375 g/mol. The Kier molecular flexibility index (Phi) is 8.10. The van der Waals surface area contributed by atoms with Crippen molar-refractivity contribution >= 4 is 17.7 Å². The van der Waals surface area contributed by atoms with E-state index < -0.39 is 0 Å². The summed E-state index contributed by atoms with van der Waals surface area (Å²) in [5.74, 6) is 0.403. The third kappa shape index (κ3) is 6.27. The smallest absolute Gasteiger partial charge is 0.251 e. The second kappa shape index (κ2) is 10.5. The summed E-state index contributed by atoms with van der Waals surface area (Å²) in [7, 11) is 1.57. The predicted octanol–water partition coefficient (Wildman–Crippen LogP) is 1.58. The number of nitrogens with one attached hydrogen (secondary N) is 2. The predicted molar refractivity (Wildman–Crippen MR) is 103 cm³/mol. The fraction of sp³-hybridized carbons (Fsp3) is 0.550. The van der Waals surface area contributed by atoms with Gasteiger partial charge in [0.15, 0.2) is 0 Å². The zero-order valence-corrected chi connectivity index (χ0v) is 16.1. The van der Waals surface area contributed by atoms with Gasteiger partial charge in [0.1, 0.15) is 5.75 Å². The molecule has 0 bridgehead atoms. The molecule has 1 heterocycles. The lowest BCUT2D eigenvalue weighted by atomic mass is 9.97. The minimum atomic E-state index is -0.194. The fourth-order valence-corrected chi connectivity index (χ4v) is 3.14. The molecule has 7 heteroatoms. The lowest BCUT2D eigenvalue weighted by Crippen LogP contribution is -2.46. The number of benzene rings is 1. The van der Waals surface area contributed by atoms with Crippen LogP contribution in [0.1, 0.15) is 43.0 Å². The van der Waals surface area contributed by atoms with Crippen molar-refractivity contribution in [2.24, 2.45) is 5.92 Å². The number of amides is 3. The molecule has 1 aliphatic rings. The molecule has 27 heavy (non-hydrogen) atoms. The first-order chi connectivity index (χ1) is 13.0. The highest BCUT2D eigenvalue weighted by Gasteiger charge is 2.27. The number of carbonyl (C=O) groups is 3. The lowest BCUT2D eigenvalue weighted by Gasteiger charge is -2.32. The van der Waals surface area contributed by atoms with E-state index in [0.717, 1.165) is 25.8 Å². The van der Waals surface area contributed by atoms with Crippen LogP contribution < -0.4 is 15.4 Å². The molecule has 3 amide bonds. The van der Waals surface area contributed by atoms with Gasteiger partial charge >= 0.3 is 0 Å². The first kappa shape index (κ1) is 20.7. The standard InChI is InChI=1S/C20H29N3O4/c1-3-5-18(24)23-13-4-6-16(14-23)20(26)22-12-11-21-19(25)15-7-9-17(27-2)10-8-15/h7-10,16H,3-6,11-14H2,1-2H3,(H,21,25)(H,22,26). The van der Waals surface area contributed by atoms with Gasteiger partial charge in [-0.1, -0.05) is 6.92 Å². The van der Waals surface area contributed by atoms with Crippen molar-refractivity contribution in [1.29, 1.82) is 0 Å². The van der Waals surface area contributed by atoms with Crippen LogP contribution in [0.2, 0.25) is 0 Å². The SMILES string of the molecule is CCCC(=O)N1CCCC(C(=O)NCCNC(=O)c2ccc(OC)cc2)C1. The van der Waals surface area contributed by atoms with E-state index in [1.165, 1.54) is 0 Å². The van der Waals surface area contributed by atoms with Gasteiger partial charge in [0.2, 0.25) is 11.8 Å². The van der Waals surface area contributed by atoms with Crippen molar-refractivity contribution in [3.05, 3.63) is 29.8 Å². The number of rotatable bonds is 8. The molecule has 1 saturated heterocycles. The molecule has 0 radical (unpaired) electrons. The zero-order valence-electron chi connectivity index (χ0n) is 16.1. The molecule has 1 aromatic rings. The summed E-state index contributed by atoms with van der Waals surface area (Å²) in [5.41, 5.74) is 0.541. The van der Waals surface area contributed by atoms with Crippen molar-refractivity contribution in [3.8, 4) is 5.75 Å². The Morgan fingerprint density at radius 2 is 1.85 bits per heavy atom. The van der Waals surface area contributed by atoms with Gasteiger partial charge in [0.25, 0.3) is 5.91 Å². The maximum Gasteiger partial charge on any atom is 0.251 e. The van der Waals surface area contributed by atoms with E-state index in [0.29, 0.717) is 37.4 Å². The third-order valence-corrected chi connectivity index (χ3v) is 4.67. The van der Waals surface area contributed by atoms with E-state index in [2.05, 4.69) is 10.6 Å². The number of hydrogen-bond acceptors (Lipinski definition) is 4. The Bertz CT molecular complexity index is 645. The van der Waals surface area contributed by atoms with Crippen molar-refractivity contribution in [3.63, 3.8) is 0 Å². The molecule has 2 rings (SSSR count). The molecule has 0 aromatic heterocycles. The average molecular weight is 375 g/mol. The topological polar surface area (TPSA) is 87.7 Å². The Morgan fingerprint density at radius 1 is 1.15 bits per heavy atom. The molecule has 148 valence electrons. The maximum atomic E-state index is 12.3. The molecule has 7 nitrogen and oxygen atoms in total. The van der Waals surface area contributed by atoms with Crippen LogP contribution >= 0.6 is 0 Å². The molecule has 1 aliphatic heterocycles. The summed E-state index contributed by atoms with van der Waals surface area (Å²) >= 11 is 0. The first-order valence-electron chi connectivity index (χ1n) is 9.53. The van der Waals surface area contributed by atoms with Crippen LogP contribution in [0.3, 0.4) is 0 Å². The average Bonchev–Trinajstić information content (AvgIpc) is 2.71. The minimum Gasteiger partial charge on any atom is -0.497 e. The van der Waals surface area contributed by atoms with Crippen LogP contribution in [0.5, 0.6) is 5.75 Å². The highest BCUT2D eigenvalue weighted by atomic mass is 16.5. The molecular weight excluding hydrogens is 346 g/mol. The zero-order chi connectivity index (χ0) is 19.6. The van der Waals surface area contributed by atoms with Crippen LogP contribution in [0.25, 0.3) is 0 Å². The van der Waals surface area contributed by atoms with Gasteiger partial charge in [-0.15, -0.1) is 0 Å². The highest BCUT2D eigenvalue weighted by molar-refractivity contribution is 5.94. The molecule has 2 N–H and O–H groups in total. The van der Waals surface area contributed by atoms with Crippen LogP contribution in [-0.2, 0) is 9.59 Å². The second-order valence-electron chi connectivity index (χ2n) is 6.70. The van der Waals surface area contributed by atoms with Gasteiger partial charge in [-0.2, -0.15) is 0 Å². The summed E-state index contributed by atoms with van der Waals surface area (Å²) in [5, 5.41) is 5.64. The third-order valence-electron chi connectivity index (χ3n) is 4.67. The number of nitrogens with zero attached hydrogens (tertiary/aromatic N) is 1. The van der Waals surface area contributed by atoms with E-state index in [-0.39, 0.29) is 23.6 Å². The van der Waals surface area contributed by atoms with E-state index in [1.54, 1.807) is 36.3 Å². The largest absolute Gasteiger partial charge is 0.497 e. The van der Waals surface area contributed by atoms with Gasteiger partial charge in [-0.05, 0) is 43.5 Å². The van der Waals surface area contributed by atoms with Gasteiger partial charge in [-0.25, -0.2) is 0 Å². The number of likely N-dealkylation sites (tertiary alicyclic amines) is 1. The molecule has 1 atom stereocenters. The van der Waals surface area contributed by atoms with Crippen molar-refractivity contribution in [2.45, 2.75) is 32.6 Å². The highest BCUT2D eigenvalue weighted by Crippen LogP contribution is 2.17. The van der Waals surface area contributed by atoms with Crippen molar-refractivity contribution in [2.75, 3.05) is 33.3 Å². The lowest BCUT2D eigenvalue weighted by molar-refractivity contribution is -0.135. The number of ether oxygens (including phenoxy) is 1. The Morgan fingerprint density at radius 3 is 2.52 bits per heavy atom. The van der Waals surface area contributed by atoms with E-state index in [1.807, 2.05) is 6.92 Å². The Hall–Kier alpha value is -2.57. The van der Waals surface area contributed by atoms with Gasteiger partial charge in [0, 0.05) is 38.2 Å². The summed E-state index contributed by atoms with van der Waals surface area (Å²) in [6.07, 6.45) is 2.99. The van der Waals surface area contributed by atoms with Crippen molar-refractivity contribution < 1.29 is 19.1 Å². The van der Waals surface area contributed by atoms with E-state index in [9.17, 15) is 14.4 Å². The molecule has 0 aliphatic carbocycles. The molecular formula is C20H29N3O4. The normalized spacial score (nSPS) is 16.5. The summed E-state index contributed by atoms with van der Waals surface area (Å²) in [6.45, 7) is 3.91. The number of carbonyl (C=O) groups excluding carboxylic acids is 3. The molecule has 0 saturated carbocycles. The molecule has 1 fully saturated rings. The van der Waals surface area contributed by atoms with Crippen molar-refractivity contribution in [1.82, 2.24) is 15.5 Å². The van der Waals surface area contributed by atoms with Gasteiger partial charge in [0.05, 0.1) is 13.0 Å². The Balaban J connectivity index is 1.70. The van der Waals surface area contributed by atoms with Gasteiger partial charge in [-0.3, -0.25) is 14.4 Å².